The van der Waals surface area contributed by atoms with Crippen molar-refractivity contribution in [1.29, 1.82) is 0 Å². The third-order valence-corrected chi connectivity index (χ3v) is 2.40. The van der Waals surface area contributed by atoms with E-state index < -0.39 is 0 Å². The van der Waals surface area contributed by atoms with Crippen LogP contribution in [0.3, 0.4) is 0 Å². The van der Waals surface area contributed by atoms with Crippen molar-refractivity contribution in [2.75, 3.05) is 13.7 Å². The van der Waals surface area contributed by atoms with Gasteiger partial charge in [0.2, 0.25) is 0 Å². The number of hydrogen-bond acceptors (Lipinski definition) is 2. The summed E-state index contributed by atoms with van der Waals surface area (Å²) in [6, 6.07) is 5.30. The van der Waals surface area contributed by atoms with Gasteiger partial charge in [-0.15, -0.1) is 0 Å². The van der Waals surface area contributed by atoms with Gasteiger partial charge in [0, 0.05) is 11.6 Å². The highest BCUT2D eigenvalue weighted by molar-refractivity contribution is 5.38. The molecule has 2 rings (SSSR count). The van der Waals surface area contributed by atoms with Crippen LogP contribution in [0.2, 0.25) is 0 Å². The van der Waals surface area contributed by atoms with Crippen LogP contribution < -0.4 is 10.1 Å². The van der Waals surface area contributed by atoms with Gasteiger partial charge in [-0.25, -0.2) is 4.39 Å². The van der Waals surface area contributed by atoms with Crippen LogP contribution >= 0.6 is 0 Å². The van der Waals surface area contributed by atoms with Crippen LogP contribution in [0.25, 0.3) is 0 Å². The lowest BCUT2D eigenvalue weighted by Crippen LogP contribution is -2.35. The molecule has 0 aromatic heterocycles. The van der Waals surface area contributed by atoms with Gasteiger partial charge in [-0.1, -0.05) is 12.1 Å². The fourth-order valence-corrected chi connectivity index (χ4v) is 1.57. The second-order valence-corrected chi connectivity index (χ2v) is 3.16. The lowest BCUT2D eigenvalue weighted by atomic mass is 9.97. The van der Waals surface area contributed by atoms with Gasteiger partial charge in [-0.3, -0.25) is 0 Å². The van der Waals surface area contributed by atoms with E-state index in [-0.39, 0.29) is 11.9 Å². The average Bonchev–Trinajstić information content (AvgIpc) is 2.01. The molecule has 1 atom stereocenters. The van der Waals surface area contributed by atoms with Gasteiger partial charge < -0.3 is 10.1 Å². The quantitative estimate of drug-likeness (QED) is 0.752. The van der Waals surface area contributed by atoms with Crippen molar-refractivity contribution in [3.63, 3.8) is 0 Å². The van der Waals surface area contributed by atoms with Crippen LogP contribution in [0.15, 0.2) is 18.2 Å². The summed E-state index contributed by atoms with van der Waals surface area (Å²) in [6.07, 6.45) is 1.06. The summed E-state index contributed by atoms with van der Waals surface area (Å²) in [7, 11) is 1.50. The summed E-state index contributed by atoms with van der Waals surface area (Å²) in [5.74, 6) is 0.0911. The first kappa shape index (κ1) is 8.51. The van der Waals surface area contributed by atoms with E-state index in [0.29, 0.717) is 5.75 Å². The lowest BCUT2D eigenvalue weighted by molar-refractivity contribution is 0.340. The zero-order valence-electron chi connectivity index (χ0n) is 7.51. The summed E-state index contributed by atoms with van der Waals surface area (Å²) in [5, 5.41) is 3.22. The van der Waals surface area contributed by atoms with E-state index >= 15 is 0 Å². The number of nitrogens with one attached hydrogen (secondary N) is 1. The van der Waals surface area contributed by atoms with Gasteiger partial charge in [0.15, 0.2) is 11.6 Å². The van der Waals surface area contributed by atoms with Crippen molar-refractivity contribution in [3.8, 4) is 5.75 Å². The Morgan fingerprint density at radius 2 is 2.31 bits per heavy atom. The Bertz CT molecular complexity index is 310. The van der Waals surface area contributed by atoms with Crippen LogP contribution in [0.5, 0.6) is 5.75 Å². The summed E-state index contributed by atoms with van der Waals surface area (Å²) in [5.41, 5.74) is 0.925. The molecule has 1 aliphatic heterocycles. The Kier molecular flexibility index (Phi) is 2.19. The fourth-order valence-electron chi connectivity index (χ4n) is 1.57. The standard InChI is InChI=1S/C10H12FNO/c1-13-10-7(9-5-6-12-9)3-2-4-8(10)11/h2-4,9,12H,5-6H2,1H3/t9-/m1/s1. The molecule has 3 heteroatoms. The van der Waals surface area contributed by atoms with Gasteiger partial charge in [-0.05, 0) is 19.0 Å². The molecule has 0 bridgehead atoms. The Morgan fingerprint density at radius 1 is 1.54 bits per heavy atom. The Hall–Kier alpha value is -1.09. The third kappa shape index (κ3) is 1.40. The molecule has 1 N–H and O–H groups in total. The fraction of sp³-hybridized carbons (Fsp3) is 0.400. The van der Waals surface area contributed by atoms with Gasteiger partial charge in [0.1, 0.15) is 0 Å². The maximum atomic E-state index is 13.2. The first-order chi connectivity index (χ1) is 6.33. The van der Waals surface area contributed by atoms with E-state index in [0.717, 1.165) is 18.5 Å². The largest absolute Gasteiger partial charge is 0.493 e. The highest BCUT2D eigenvalue weighted by atomic mass is 19.1. The highest BCUT2D eigenvalue weighted by Crippen LogP contribution is 2.32. The van der Waals surface area contributed by atoms with Crippen molar-refractivity contribution in [2.45, 2.75) is 12.5 Å². The van der Waals surface area contributed by atoms with Gasteiger partial charge in [0.25, 0.3) is 0 Å². The second-order valence-electron chi connectivity index (χ2n) is 3.16. The Labute approximate surface area is 76.7 Å². The number of para-hydroxylation sites is 1. The number of ether oxygens (including phenoxy) is 1. The smallest absolute Gasteiger partial charge is 0.165 e. The lowest BCUT2D eigenvalue weighted by Gasteiger charge is -2.29. The molecule has 0 saturated carbocycles. The second kappa shape index (κ2) is 3.34. The van der Waals surface area contributed by atoms with Crippen molar-refractivity contribution in [3.05, 3.63) is 29.6 Å². The summed E-state index contributed by atoms with van der Waals surface area (Å²) < 4.78 is 18.2. The first-order valence-electron chi connectivity index (χ1n) is 4.38. The maximum Gasteiger partial charge on any atom is 0.165 e. The molecular formula is C10H12FNO. The minimum Gasteiger partial charge on any atom is -0.493 e. The van der Waals surface area contributed by atoms with E-state index in [2.05, 4.69) is 5.32 Å². The number of halogens is 1. The molecular weight excluding hydrogens is 169 g/mol. The SMILES string of the molecule is COc1c(F)cccc1[C@H]1CCN1. The van der Waals surface area contributed by atoms with Gasteiger partial charge in [-0.2, -0.15) is 0 Å². The summed E-state index contributed by atoms with van der Waals surface area (Å²) in [6.45, 7) is 1.00. The molecule has 13 heavy (non-hydrogen) atoms. The van der Waals surface area contributed by atoms with Gasteiger partial charge >= 0.3 is 0 Å². The van der Waals surface area contributed by atoms with E-state index in [4.69, 9.17) is 4.74 Å². The van der Waals surface area contributed by atoms with Crippen LogP contribution in [0, 0.1) is 5.82 Å². The molecule has 2 nitrogen and oxygen atoms in total. The highest BCUT2D eigenvalue weighted by Gasteiger charge is 2.23. The van der Waals surface area contributed by atoms with E-state index in [1.165, 1.54) is 13.2 Å². The molecule has 1 saturated heterocycles. The normalized spacial score (nSPS) is 20.9. The number of methoxy groups -OCH3 is 1. The monoisotopic (exact) mass is 181 g/mol. The molecule has 1 heterocycles. The van der Waals surface area contributed by atoms with E-state index in [1.807, 2.05) is 6.07 Å². The topological polar surface area (TPSA) is 21.3 Å². The molecule has 1 fully saturated rings. The van der Waals surface area contributed by atoms with E-state index in [1.54, 1.807) is 6.07 Å². The zero-order valence-corrected chi connectivity index (χ0v) is 7.51. The van der Waals surface area contributed by atoms with Crippen molar-refractivity contribution >= 4 is 0 Å². The number of rotatable bonds is 2. The summed E-state index contributed by atoms with van der Waals surface area (Å²) in [4.78, 5) is 0. The van der Waals surface area contributed by atoms with Crippen LogP contribution in [-0.2, 0) is 0 Å². The first-order valence-corrected chi connectivity index (χ1v) is 4.38. The Morgan fingerprint density at radius 3 is 2.85 bits per heavy atom. The molecule has 1 aromatic rings. The minimum absolute atomic E-state index is 0.269. The van der Waals surface area contributed by atoms with Crippen molar-refractivity contribution in [1.82, 2.24) is 5.32 Å². The Balaban J connectivity index is 2.37. The molecule has 0 unspecified atom stereocenters. The van der Waals surface area contributed by atoms with Crippen LogP contribution in [0.1, 0.15) is 18.0 Å². The van der Waals surface area contributed by atoms with E-state index in [9.17, 15) is 4.39 Å². The molecule has 1 aromatic carbocycles. The maximum absolute atomic E-state index is 13.2. The number of benzene rings is 1. The third-order valence-electron chi connectivity index (χ3n) is 2.40. The predicted molar refractivity (Wildman–Crippen MR) is 48.3 cm³/mol. The molecule has 1 aliphatic rings. The number of hydrogen-bond donors (Lipinski definition) is 1. The zero-order chi connectivity index (χ0) is 9.26. The molecule has 0 aliphatic carbocycles. The molecule has 70 valence electrons. The molecule has 0 radical (unpaired) electrons. The predicted octanol–water partition coefficient (Wildman–Crippen LogP) is 1.87. The van der Waals surface area contributed by atoms with Gasteiger partial charge in [0.05, 0.1) is 7.11 Å². The summed E-state index contributed by atoms with van der Waals surface area (Å²) >= 11 is 0. The molecule has 0 amide bonds. The molecule has 0 spiro atoms. The van der Waals surface area contributed by atoms with Crippen molar-refractivity contribution < 1.29 is 9.13 Å². The van der Waals surface area contributed by atoms with Crippen molar-refractivity contribution in [2.24, 2.45) is 0 Å². The minimum atomic E-state index is -0.284. The average molecular weight is 181 g/mol. The van der Waals surface area contributed by atoms with Crippen LogP contribution in [0.4, 0.5) is 4.39 Å². The van der Waals surface area contributed by atoms with Crippen LogP contribution in [-0.4, -0.2) is 13.7 Å².